The molecule has 1 aromatic rings. The minimum absolute atomic E-state index is 0.163. The van der Waals surface area contributed by atoms with Gasteiger partial charge in [0.2, 0.25) is 0 Å². The zero-order chi connectivity index (χ0) is 12.5. The number of nitrogens with one attached hydrogen (secondary N) is 1. The van der Waals surface area contributed by atoms with Gasteiger partial charge in [-0.15, -0.1) is 6.42 Å². The maximum absolute atomic E-state index is 5.46. The Bertz CT molecular complexity index is 367. The molecule has 0 aliphatic rings. The standard InChI is InChI=1S/C15H21NO/c1-4-8-14(5-2)16-12-13-9-7-10-15(11-13)17-6-3/h2,7,9-11,14,16H,4,6,8,12H2,1,3H3. The lowest BCUT2D eigenvalue weighted by Gasteiger charge is -2.12. The summed E-state index contributed by atoms with van der Waals surface area (Å²) in [6, 6.07) is 8.27. The summed E-state index contributed by atoms with van der Waals surface area (Å²) in [5.74, 6) is 3.69. The fourth-order valence-corrected chi connectivity index (χ4v) is 1.69. The third-order valence-electron chi connectivity index (χ3n) is 2.54. The van der Waals surface area contributed by atoms with Crippen molar-refractivity contribution in [1.29, 1.82) is 0 Å². The predicted octanol–water partition coefficient (Wildman–Crippen LogP) is 2.98. The number of rotatable bonds is 7. The van der Waals surface area contributed by atoms with E-state index in [0.717, 1.165) is 25.1 Å². The van der Waals surface area contributed by atoms with E-state index in [1.165, 1.54) is 5.56 Å². The molecule has 0 bridgehead atoms. The Kier molecular flexibility index (Phi) is 6.21. The van der Waals surface area contributed by atoms with Crippen molar-refractivity contribution in [1.82, 2.24) is 5.32 Å². The Hall–Kier alpha value is -1.46. The van der Waals surface area contributed by atoms with E-state index in [2.05, 4.69) is 30.3 Å². The third kappa shape index (κ3) is 4.93. The molecule has 0 spiro atoms. The van der Waals surface area contributed by atoms with Crippen molar-refractivity contribution in [2.45, 2.75) is 39.3 Å². The van der Waals surface area contributed by atoms with Gasteiger partial charge in [0.15, 0.2) is 0 Å². The first kappa shape index (κ1) is 13.6. The minimum atomic E-state index is 0.163. The van der Waals surface area contributed by atoms with E-state index in [0.29, 0.717) is 6.61 Å². The molecule has 1 rings (SSSR count). The van der Waals surface area contributed by atoms with Crippen LogP contribution < -0.4 is 10.1 Å². The zero-order valence-electron chi connectivity index (χ0n) is 10.7. The first-order valence-electron chi connectivity index (χ1n) is 6.21. The van der Waals surface area contributed by atoms with Crippen molar-refractivity contribution in [3.63, 3.8) is 0 Å². The summed E-state index contributed by atoms with van der Waals surface area (Å²) in [7, 11) is 0. The second kappa shape index (κ2) is 7.76. The summed E-state index contributed by atoms with van der Waals surface area (Å²) in [4.78, 5) is 0. The molecule has 92 valence electrons. The fourth-order valence-electron chi connectivity index (χ4n) is 1.69. The van der Waals surface area contributed by atoms with E-state index in [-0.39, 0.29) is 6.04 Å². The average Bonchev–Trinajstić information content (AvgIpc) is 2.35. The van der Waals surface area contributed by atoms with E-state index in [1.807, 2.05) is 19.1 Å². The van der Waals surface area contributed by atoms with Gasteiger partial charge in [-0.2, -0.15) is 0 Å². The van der Waals surface area contributed by atoms with Gasteiger partial charge < -0.3 is 4.74 Å². The van der Waals surface area contributed by atoms with Crippen molar-refractivity contribution >= 4 is 0 Å². The van der Waals surface area contributed by atoms with Crippen molar-refractivity contribution in [2.24, 2.45) is 0 Å². The van der Waals surface area contributed by atoms with Crippen LogP contribution in [-0.2, 0) is 6.54 Å². The van der Waals surface area contributed by atoms with E-state index in [1.54, 1.807) is 0 Å². The van der Waals surface area contributed by atoms with E-state index in [9.17, 15) is 0 Å². The van der Waals surface area contributed by atoms with Crippen molar-refractivity contribution in [3.05, 3.63) is 29.8 Å². The van der Waals surface area contributed by atoms with Crippen LogP contribution in [0.25, 0.3) is 0 Å². The number of benzene rings is 1. The van der Waals surface area contributed by atoms with Crippen molar-refractivity contribution < 1.29 is 4.74 Å². The van der Waals surface area contributed by atoms with Crippen LogP contribution in [0.15, 0.2) is 24.3 Å². The number of ether oxygens (including phenoxy) is 1. The van der Waals surface area contributed by atoms with E-state index >= 15 is 0 Å². The Morgan fingerprint density at radius 1 is 1.41 bits per heavy atom. The first-order chi connectivity index (χ1) is 8.30. The van der Waals surface area contributed by atoms with Crippen molar-refractivity contribution in [3.8, 4) is 18.1 Å². The summed E-state index contributed by atoms with van der Waals surface area (Å²) in [5, 5.41) is 3.36. The Balaban J connectivity index is 2.51. The highest BCUT2D eigenvalue weighted by Crippen LogP contribution is 2.13. The molecule has 2 heteroatoms. The molecule has 0 aliphatic carbocycles. The van der Waals surface area contributed by atoms with Gasteiger partial charge in [0, 0.05) is 6.54 Å². The highest BCUT2D eigenvalue weighted by molar-refractivity contribution is 5.28. The van der Waals surface area contributed by atoms with Gasteiger partial charge in [0.05, 0.1) is 12.6 Å². The lowest BCUT2D eigenvalue weighted by Crippen LogP contribution is -2.26. The first-order valence-corrected chi connectivity index (χ1v) is 6.21. The van der Waals surface area contributed by atoms with Gasteiger partial charge in [-0.25, -0.2) is 0 Å². The molecule has 0 saturated carbocycles. The second-order valence-corrected chi connectivity index (χ2v) is 3.97. The smallest absolute Gasteiger partial charge is 0.119 e. The molecule has 17 heavy (non-hydrogen) atoms. The fraction of sp³-hybridized carbons (Fsp3) is 0.467. The van der Waals surface area contributed by atoms with Crippen LogP contribution in [0, 0.1) is 12.3 Å². The Labute approximate surface area is 104 Å². The molecule has 0 saturated heterocycles. The van der Waals surface area contributed by atoms with Gasteiger partial charge in [-0.1, -0.05) is 31.4 Å². The molecule has 0 fully saturated rings. The lowest BCUT2D eigenvalue weighted by atomic mass is 10.1. The summed E-state index contributed by atoms with van der Waals surface area (Å²) in [6.07, 6.45) is 7.58. The van der Waals surface area contributed by atoms with Crippen LogP contribution in [0.2, 0.25) is 0 Å². The van der Waals surface area contributed by atoms with Crippen LogP contribution in [0.5, 0.6) is 5.75 Å². The number of hydrogen-bond donors (Lipinski definition) is 1. The van der Waals surface area contributed by atoms with Gasteiger partial charge in [0.1, 0.15) is 5.75 Å². The summed E-state index contributed by atoms with van der Waals surface area (Å²) >= 11 is 0. The Morgan fingerprint density at radius 3 is 2.88 bits per heavy atom. The van der Waals surface area contributed by atoms with E-state index in [4.69, 9.17) is 11.2 Å². The molecule has 0 heterocycles. The largest absolute Gasteiger partial charge is 0.494 e. The van der Waals surface area contributed by atoms with Crippen LogP contribution in [0.3, 0.4) is 0 Å². The van der Waals surface area contributed by atoms with Gasteiger partial charge in [-0.05, 0) is 31.0 Å². The Morgan fingerprint density at radius 2 is 2.24 bits per heavy atom. The highest BCUT2D eigenvalue weighted by atomic mass is 16.5. The van der Waals surface area contributed by atoms with Crippen molar-refractivity contribution in [2.75, 3.05) is 6.61 Å². The zero-order valence-corrected chi connectivity index (χ0v) is 10.7. The average molecular weight is 231 g/mol. The summed E-state index contributed by atoms with van der Waals surface area (Å²) < 4.78 is 5.46. The highest BCUT2D eigenvalue weighted by Gasteiger charge is 2.03. The SMILES string of the molecule is C#CC(CCC)NCc1cccc(OCC)c1. The molecule has 1 aromatic carbocycles. The normalized spacial score (nSPS) is 11.8. The van der Waals surface area contributed by atoms with Crippen LogP contribution in [-0.4, -0.2) is 12.6 Å². The van der Waals surface area contributed by atoms with Crippen LogP contribution in [0.4, 0.5) is 0 Å². The number of terminal acetylenes is 1. The molecule has 1 unspecified atom stereocenters. The van der Waals surface area contributed by atoms with E-state index < -0.39 is 0 Å². The maximum atomic E-state index is 5.46. The molecular weight excluding hydrogens is 210 g/mol. The van der Waals surface area contributed by atoms with Gasteiger partial charge in [0.25, 0.3) is 0 Å². The molecule has 0 aromatic heterocycles. The minimum Gasteiger partial charge on any atom is -0.494 e. The second-order valence-electron chi connectivity index (χ2n) is 3.97. The molecule has 0 amide bonds. The molecule has 0 aliphatic heterocycles. The third-order valence-corrected chi connectivity index (χ3v) is 2.54. The maximum Gasteiger partial charge on any atom is 0.119 e. The number of hydrogen-bond acceptors (Lipinski definition) is 2. The van der Waals surface area contributed by atoms with Gasteiger partial charge >= 0.3 is 0 Å². The lowest BCUT2D eigenvalue weighted by molar-refractivity contribution is 0.339. The summed E-state index contributed by atoms with van der Waals surface area (Å²) in [5.41, 5.74) is 1.20. The molecule has 1 N–H and O–H groups in total. The predicted molar refractivity (Wildman–Crippen MR) is 72.0 cm³/mol. The molecule has 0 radical (unpaired) electrons. The van der Waals surface area contributed by atoms with Crippen LogP contribution >= 0.6 is 0 Å². The summed E-state index contributed by atoms with van der Waals surface area (Å²) in [6.45, 7) is 5.61. The van der Waals surface area contributed by atoms with Crippen LogP contribution in [0.1, 0.15) is 32.3 Å². The monoisotopic (exact) mass is 231 g/mol. The van der Waals surface area contributed by atoms with Gasteiger partial charge in [-0.3, -0.25) is 5.32 Å². The molecular formula is C15H21NO. The molecule has 1 atom stereocenters. The molecule has 2 nitrogen and oxygen atoms in total. The topological polar surface area (TPSA) is 21.3 Å². The quantitative estimate of drug-likeness (QED) is 0.728.